The molecular weight excluding hydrogens is 380 g/mol. The summed E-state index contributed by atoms with van der Waals surface area (Å²) >= 11 is 0. The molecule has 0 bridgehead atoms. The van der Waals surface area contributed by atoms with E-state index < -0.39 is 33.1 Å². The van der Waals surface area contributed by atoms with Crippen LogP contribution in [0.3, 0.4) is 0 Å². The number of aliphatic hydroxyl groups is 2. The number of unbranched alkanes of at least 4 members (excludes halogenated alkanes) is 5. The molecule has 27 heavy (non-hydrogen) atoms. The average molecular weight is 407 g/mol. The maximum absolute atomic E-state index is 12.1. The number of Topliss-reactive ketones (excluding diaryl/α,β-unsaturated/α-hetero) is 1. The van der Waals surface area contributed by atoms with Gasteiger partial charge < -0.3 is 15.3 Å². The quantitative estimate of drug-likeness (QED) is 0.148. The molecule has 0 aromatic rings. The Bertz CT molecular complexity index is 602. The van der Waals surface area contributed by atoms with Gasteiger partial charge in [0.25, 0.3) is 16.1 Å². The van der Waals surface area contributed by atoms with E-state index in [1.807, 2.05) is 0 Å². The third-order valence-corrected chi connectivity index (χ3v) is 5.30. The van der Waals surface area contributed by atoms with Gasteiger partial charge in [0.2, 0.25) is 0 Å². The third-order valence-electron chi connectivity index (χ3n) is 3.55. The molecule has 1 atom stereocenters. The zero-order valence-electron chi connectivity index (χ0n) is 15.3. The Morgan fingerprint density at radius 1 is 1.15 bits per heavy atom. The summed E-state index contributed by atoms with van der Waals surface area (Å²) in [6, 6.07) is 0. The van der Waals surface area contributed by atoms with Crippen molar-refractivity contribution in [2.45, 2.75) is 75.9 Å². The fraction of sp³-hybridized carbons (Fsp3) is 0.706. The smallest absolute Gasteiger partial charge is 0.327 e. The van der Waals surface area contributed by atoms with Crippen molar-refractivity contribution in [3.63, 3.8) is 0 Å². The fourth-order valence-electron chi connectivity index (χ4n) is 2.39. The van der Waals surface area contributed by atoms with Gasteiger partial charge in [0.15, 0.2) is 12.1 Å². The molecule has 0 saturated heterocycles. The minimum Gasteiger partial charge on any atom is -0.478 e. The third kappa shape index (κ3) is 13.2. The van der Waals surface area contributed by atoms with Crippen LogP contribution in [-0.2, 0) is 28.7 Å². The Morgan fingerprint density at radius 2 is 1.74 bits per heavy atom. The first-order valence-electron chi connectivity index (χ1n) is 8.66. The zero-order valence-corrected chi connectivity index (χ0v) is 16.1. The van der Waals surface area contributed by atoms with Gasteiger partial charge in [0.05, 0.1) is 0 Å². The van der Waals surface area contributed by atoms with Crippen LogP contribution in [0.2, 0.25) is 0 Å². The van der Waals surface area contributed by atoms with Crippen molar-refractivity contribution >= 4 is 28.2 Å². The van der Waals surface area contributed by atoms with E-state index >= 15 is 0 Å². The molecule has 3 N–H and O–H groups in total. The molecule has 0 heterocycles. The number of carboxylic acids is 1. The molecule has 0 aliphatic carbocycles. The van der Waals surface area contributed by atoms with Gasteiger partial charge in [-0.15, -0.1) is 0 Å². The molecule has 0 rings (SSSR count). The van der Waals surface area contributed by atoms with E-state index in [9.17, 15) is 22.8 Å². The predicted octanol–water partition coefficient (Wildman–Crippen LogP) is 1.19. The molecule has 155 valence electrons. The summed E-state index contributed by atoms with van der Waals surface area (Å²) < 4.78 is 28.5. The van der Waals surface area contributed by atoms with Crippen molar-refractivity contribution in [3.05, 3.63) is 12.2 Å². The molecule has 0 fully saturated rings. The molecule has 0 amide bonds. The second kappa shape index (κ2) is 12.7. The van der Waals surface area contributed by atoms with Gasteiger partial charge in [0, 0.05) is 25.8 Å². The molecule has 1 unspecified atom stereocenters. The lowest BCUT2D eigenvalue weighted by Gasteiger charge is -2.21. The largest absolute Gasteiger partial charge is 0.478 e. The molecule has 0 saturated carbocycles. The first-order chi connectivity index (χ1) is 12.5. The molecule has 9 nitrogen and oxygen atoms in total. The molecule has 0 aromatic carbocycles. The van der Waals surface area contributed by atoms with Crippen molar-refractivity contribution in [1.82, 2.24) is 0 Å². The summed E-state index contributed by atoms with van der Waals surface area (Å²) in [6.45, 7) is 0.712. The van der Waals surface area contributed by atoms with Crippen LogP contribution in [0.4, 0.5) is 0 Å². The Labute approximate surface area is 159 Å². The molecule has 1 radical (unpaired) electrons. The molecule has 0 aliphatic rings. The monoisotopic (exact) mass is 407 g/mol. The van der Waals surface area contributed by atoms with Crippen LogP contribution in [0.1, 0.15) is 64.7 Å². The minimum absolute atomic E-state index is 0.0605. The van der Waals surface area contributed by atoms with E-state index in [0.717, 1.165) is 25.3 Å². The van der Waals surface area contributed by atoms with Crippen LogP contribution in [0, 0.1) is 0 Å². The van der Waals surface area contributed by atoms with Crippen molar-refractivity contribution < 1.29 is 42.3 Å². The van der Waals surface area contributed by atoms with Gasteiger partial charge in [-0.1, -0.05) is 31.8 Å². The summed E-state index contributed by atoms with van der Waals surface area (Å²) in [6.07, 6.45) is 7.55. The number of hydrogen-bond donors (Lipinski definition) is 3. The van der Waals surface area contributed by atoms with Gasteiger partial charge in [-0.25, -0.2) is 8.98 Å². The van der Waals surface area contributed by atoms with E-state index in [-0.39, 0.29) is 19.3 Å². The van der Waals surface area contributed by atoms with Crippen molar-refractivity contribution in [1.29, 1.82) is 0 Å². The van der Waals surface area contributed by atoms with Gasteiger partial charge in [0.1, 0.15) is 5.25 Å². The standard InChI is InChI=1S/C17H27O9S/c1-17(22,23)26-27(24,25)15(14(19)10-9-13-18)11-7-5-3-2-4-6-8-12-16(20)21/h8,12,15,22-23H,2-7,9-11H2,1H3,(H,20,21). The van der Waals surface area contributed by atoms with Crippen LogP contribution < -0.4 is 0 Å². The van der Waals surface area contributed by atoms with E-state index in [2.05, 4.69) is 4.18 Å². The van der Waals surface area contributed by atoms with Gasteiger partial charge >= 0.3 is 5.97 Å². The number of carboxylic acid groups (broad SMARTS) is 1. The van der Waals surface area contributed by atoms with Crippen molar-refractivity contribution in [3.8, 4) is 0 Å². The molecule has 0 aliphatic heterocycles. The number of ketones is 1. The molecule has 0 spiro atoms. The topological polar surface area (TPSA) is 155 Å². The highest BCUT2D eigenvalue weighted by atomic mass is 32.2. The normalized spacial score (nSPS) is 13.6. The predicted molar refractivity (Wildman–Crippen MR) is 95.7 cm³/mol. The highest BCUT2D eigenvalue weighted by Gasteiger charge is 2.37. The van der Waals surface area contributed by atoms with Gasteiger partial charge in [-0.3, -0.25) is 9.59 Å². The second-order valence-corrected chi connectivity index (χ2v) is 7.92. The lowest BCUT2D eigenvalue weighted by molar-refractivity contribution is -0.275. The van der Waals surface area contributed by atoms with Crippen molar-refractivity contribution in [2.24, 2.45) is 0 Å². The summed E-state index contributed by atoms with van der Waals surface area (Å²) in [7, 11) is -4.57. The van der Waals surface area contributed by atoms with Crippen LogP contribution in [-0.4, -0.2) is 53.0 Å². The van der Waals surface area contributed by atoms with Crippen LogP contribution in [0.15, 0.2) is 12.2 Å². The Morgan fingerprint density at radius 3 is 2.30 bits per heavy atom. The maximum atomic E-state index is 12.1. The van der Waals surface area contributed by atoms with Crippen LogP contribution in [0.5, 0.6) is 0 Å². The summed E-state index contributed by atoms with van der Waals surface area (Å²) in [5.74, 6) is -4.66. The summed E-state index contributed by atoms with van der Waals surface area (Å²) in [5, 5.41) is 25.2. The maximum Gasteiger partial charge on any atom is 0.327 e. The first kappa shape index (κ1) is 25.4. The zero-order chi connectivity index (χ0) is 20.9. The van der Waals surface area contributed by atoms with E-state index in [1.54, 1.807) is 6.08 Å². The number of rotatable bonds is 16. The van der Waals surface area contributed by atoms with Crippen LogP contribution in [0.25, 0.3) is 0 Å². The van der Waals surface area contributed by atoms with E-state index in [0.29, 0.717) is 26.2 Å². The Balaban J connectivity index is 4.51. The highest BCUT2D eigenvalue weighted by molar-refractivity contribution is 7.88. The van der Waals surface area contributed by atoms with Crippen LogP contribution >= 0.6 is 0 Å². The Kier molecular flexibility index (Phi) is 11.9. The molecule has 0 aromatic heterocycles. The number of carbonyl (C=O) groups excluding carboxylic acids is 2. The first-order valence-corrected chi connectivity index (χ1v) is 10.1. The SMILES string of the molecule is CC(O)(O)OS(=O)(=O)C(CCCCCCCC=CC(=O)O)C(=O)CC[C]=O. The van der Waals surface area contributed by atoms with E-state index in [4.69, 9.17) is 15.3 Å². The lowest BCUT2D eigenvalue weighted by atomic mass is 10.0. The summed E-state index contributed by atoms with van der Waals surface area (Å²) in [5.41, 5.74) is 0. The molecule has 10 heteroatoms. The number of allylic oxidation sites excluding steroid dienone is 1. The highest BCUT2D eigenvalue weighted by Crippen LogP contribution is 2.20. The fourth-order valence-corrected chi connectivity index (χ4v) is 3.84. The minimum atomic E-state index is -4.57. The number of carbonyl (C=O) groups is 2. The Hall–Kier alpha value is -1.62. The van der Waals surface area contributed by atoms with Crippen molar-refractivity contribution in [2.75, 3.05) is 0 Å². The number of aliphatic carboxylic acids is 1. The van der Waals surface area contributed by atoms with Gasteiger partial charge in [-0.2, -0.15) is 8.42 Å². The second-order valence-electron chi connectivity index (χ2n) is 6.20. The molecular formula is C17H27O9S. The van der Waals surface area contributed by atoms with Gasteiger partial charge in [-0.05, 0) is 19.3 Å². The van der Waals surface area contributed by atoms with E-state index in [1.165, 1.54) is 6.29 Å². The average Bonchev–Trinajstić information content (AvgIpc) is 2.51. The lowest BCUT2D eigenvalue weighted by Crippen LogP contribution is -2.39. The summed E-state index contributed by atoms with van der Waals surface area (Å²) in [4.78, 5) is 32.7. The number of hydrogen-bond acceptors (Lipinski definition) is 8.